The van der Waals surface area contributed by atoms with Crippen LogP contribution in [0.25, 0.3) is 0 Å². The van der Waals surface area contributed by atoms with E-state index in [0.717, 1.165) is 16.8 Å². The Balaban J connectivity index is 2.26. The minimum Gasteiger partial charge on any atom is -0.506 e. The van der Waals surface area contributed by atoms with Crippen molar-refractivity contribution in [3.05, 3.63) is 58.1 Å². The highest BCUT2D eigenvalue weighted by Crippen LogP contribution is 2.32. The van der Waals surface area contributed by atoms with E-state index >= 15 is 0 Å². The number of phenolic OH excluding ortho intramolecular Hbond substituents is 1. The van der Waals surface area contributed by atoms with Crippen molar-refractivity contribution in [3.63, 3.8) is 0 Å². The van der Waals surface area contributed by atoms with E-state index in [1.165, 1.54) is 5.56 Å². The third kappa shape index (κ3) is 3.70. The molecule has 0 fully saturated rings. The maximum atomic E-state index is 10.1. The molecule has 0 unspecified atom stereocenters. The number of hydrogen-bond donors (Lipinski definition) is 2. The van der Waals surface area contributed by atoms with Crippen molar-refractivity contribution in [2.24, 2.45) is 0 Å². The molecule has 2 N–H and O–H groups in total. The second kappa shape index (κ2) is 5.98. The summed E-state index contributed by atoms with van der Waals surface area (Å²) < 4.78 is 0. The average molecular weight is 304 g/mol. The number of aryl methyl sites for hydroxylation is 1. The number of nitrogens with one attached hydrogen (secondary N) is 1. The molecule has 0 aliphatic carbocycles. The maximum absolute atomic E-state index is 10.1. The van der Waals surface area contributed by atoms with Crippen molar-refractivity contribution in [1.82, 2.24) is 0 Å². The van der Waals surface area contributed by atoms with E-state index in [0.29, 0.717) is 11.6 Å². The van der Waals surface area contributed by atoms with Gasteiger partial charge >= 0.3 is 0 Å². The van der Waals surface area contributed by atoms with Crippen molar-refractivity contribution in [2.45, 2.75) is 39.7 Å². The summed E-state index contributed by atoms with van der Waals surface area (Å²) in [6, 6.07) is 12.0. The van der Waals surface area contributed by atoms with Gasteiger partial charge in [0.25, 0.3) is 0 Å². The van der Waals surface area contributed by atoms with Crippen LogP contribution in [0.3, 0.4) is 0 Å². The molecular formula is C18H22ClNO. The number of aromatic hydroxyl groups is 1. The number of benzene rings is 2. The molecule has 0 aromatic heterocycles. The summed E-state index contributed by atoms with van der Waals surface area (Å²) in [5, 5.41) is 13.9. The molecule has 112 valence electrons. The highest BCUT2D eigenvalue weighted by molar-refractivity contribution is 6.32. The van der Waals surface area contributed by atoms with Crippen LogP contribution in [0.5, 0.6) is 5.75 Å². The van der Waals surface area contributed by atoms with Gasteiger partial charge in [-0.2, -0.15) is 0 Å². The van der Waals surface area contributed by atoms with Crippen molar-refractivity contribution in [3.8, 4) is 5.75 Å². The largest absolute Gasteiger partial charge is 0.506 e. The van der Waals surface area contributed by atoms with Crippen molar-refractivity contribution < 1.29 is 5.11 Å². The highest BCUT2D eigenvalue weighted by Gasteiger charge is 2.17. The Morgan fingerprint density at radius 1 is 1.14 bits per heavy atom. The number of halogens is 1. The van der Waals surface area contributed by atoms with Gasteiger partial charge < -0.3 is 10.4 Å². The van der Waals surface area contributed by atoms with Crippen LogP contribution in [0.15, 0.2) is 36.4 Å². The first kappa shape index (κ1) is 15.7. The molecule has 0 atom stereocenters. The van der Waals surface area contributed by atoms with Gasteiger partial charge in [-0.1, -0.05) is 56.6 Å². The van der Waals surface area contributed by atoms with Gasteiger partial charge in [-0.15, -0.1) is 0 Å². The molecule has 2 nitrogen and oxygen atoms in total. The van der Waals surface area contributed by atoms with Crippen molar-refractivity contribution >= 4 is 17.3 Å². The molecule has 0 radical (unpaired) electrons. The Morgan fingerprint density at radius 3 is 2.48 bits per heavy atom. The Hall–Kier alpha value is -1.67. The van der Waals surface area contributed by atoms with Gasteiger partial charge in [0.05, 0.1) is 5.02 Å². The summed E-state index contributed by atoms with van der Waals surface area (Å²) in [5.41, 5.74) is 4.25. The number of anilines is 1. The van der Waals surface area contributed by atoms with Crippen molar-refractivity contribution in [1.29, 1.82) is 0 Å². The zero-order chi connectivity index (χ0) is 15.6. The van der Waals surface area contributed by atoms with Gasteiger partial charge in [-0.05, 0) is 35.6 Å². The van der Waals surface area contributed by atoms with Gasteiger partial charge in [0, 0.05) is 17.8 Å². The van der Waals surface area contributed by atoms with E-state index in [9.17, 15) is 5.11 Å². The highest BCUT2D eigenvalue weighted by atomic mass is 35.5. The molecule has 0 heterocycles. The van der Waals surface area contributed by atoms with E-state index in [4.69, 9.17) is 11.6 Å². The summed E-state index contributed by atoms with van der Waals surface area (Å²) in [7, 11) is 0. The third-order valence-corrected chi connectivity index (χ3v) is 3.78. The monoisotopic (exact) mass is 303 g/mol. The fourth-order valence-electron chi connectivity index (χ4n) is 2.42. The Bertz CT molecular complexity index is 644. The molecule has 0 spiro atoms. The number of para-hydroxylation sites is 1. The van der Waals surface area contributed by atoms with Gasteiger partial charge in [-0.3, -0.25) is 0 Å². The fourth-order valence-corrected chi connectivity index (χ4v) is 2.72. The SMILES string of the molecule is Cc1cc(Cl)c(O)c(CNc2ccccc2C(C)(C)C)c1. The summed E-state index contributed by atoms with van der Waals surface area (Å²) >= 11 is 6.03. The molecule has 3 heteroatoms. The number of rotatable bonds is 3. The topological polar surface area (TPSA) is 32.3 Å². The van der Waals surface area contributed by atoms with E-state index in [1.807, 2.05) is 25.1 Å². The lowest BCUT2D eigenvalue weighted by Crippen LogP contribution is -2.14. The van der Waals surface area contributed by atoms with E-state index in [1.54, 1.807) is 6.07 Å². The van der Waals surface area contributed by atoms with Gasteiger partial charge in [0.2, 0.25) is 0 Å². The lowest BCUT2D eigenvalue weighted by Gasteiger charge is -2.23. The molecule has 0 bridgehead atoms. The standard InChI is InChI=1S/C18H22ClNO/c1-12-9-13(17(21)15(19)10-12)11-20-16-8-6-5-7-14(16)18(2,3)4/h5-10,20-21H,11H2,1-4H3. The van der Waals surface area contributed by atoms with Crippen molar-refractivity contribution in [2.75, 3.05) is 5.32 Å². The quantitative estimate of drug-likeness (QED) is 0.810. The second-order valence-electron chi connectivity index (χ2n) is 6.40. The molecule has 2 rings (SSSR count). The first-order valence-corrected chi connectivity index (χ1v) is 7.48. The average Bonchev–Trinajstić information content (AvgIpc) is 2.40. The lowest BCUT2D eigenvalue weighted by molar-refractivity contribution is 0.469. The molecule has 21 heavy (non-hydrogen) atoms. The summed E-state index contributed by atoms with van der Waals surface area (Å²) in [5.74, 6) is 0.156. The van der Waals surface area contributed by atoms with Crippen LogP contribution in [0, 0.1) is 6.92 Å². The molecule has 2 aromatic carbocycles. The smallest absolute Gasteiger partial charge is 0.139 e. The maximum Gasteiger partial charge on any atom is 0.139 e. The minimum absolute atomic E-state index is 0.0654. The van der Waals surface area contributed by atoms with E-state index in [-0.39, 0.29) is 11.2 Å². The minimum atomic E-state index is 0.0654. The lowest BCUT2D eigenvalue weighted by atomic mass is 9.86. The van der Waals surface area contributed by atoms with Crippen LogP contribution >= 0.6 is 11.6 Å². The van der Waals surface area contributed by atoms with Gasteiger partial charge in [-0.25, -0.2) is 0 Å². The predicted molar refractivity (Wildman–Crippen MR) is 90.3 cm³/mol. The molecular weight excluding hydrogens is 282 g/mol. The molecule has 2 aromatic rings. The predicted octanol–water partition coefficient (Wildman–Crippen LogP) is 5.26. The molecule has 0 saturated heterocycles. The Morgan fingerprint density at radius 2 is 1.81 bits per heavy atom. The molecule has 0 aliphatic rings. The number of hydrogen-bond acceptors (Lipinski definition) is 2. The van der Waals surface area contributed by atoms with E-state index in [2.05, 4.69) is 38.2 Å². The van der Waals surface area contributed by atoms with Crippen LogP contribution in [-0.2, 0) is 12.0 Å². The first-order chi connectivity index (χ1) is 9.79. The molecule has 0 saturated carbocycles. The Kier molecular flexibility index (Phi) is 4.48. The summed E-state index contributed by atoms with van der Waals surface area (Å²) in [6.45, 7) is 9.08. The van der Waals surface area contributed by atoms with Gasteiger partial charge in [0.15, 0.2) is 0 Å². The Labute approximate surface area is 131 Å². The van der Waals surface area contributed by atoms with Crippen LogP contribution in [0.2, 0.25) is 5.02 Å². The van der Waals surface area contributed by atoms with Crippen LogP contribution in [0.1, 0.15) is 37.5 Å². The van der Waals surface area contributed by atoms with Gasteiger partial charge in [0.1, 0.15) is 5.75 Å². The van der Waals surface area contributed by atoms with Crippen LogP contribution in [-0.4, -0.2) is 5.11 Å². The zero-order valence-corrected chi connectivity index (χ0v) is 13.8. The van der Waals surface area contributed by atoms with E-state index < -0.39 is 0 Å². The normalized spacial score (nSPS) is 11.5. The van der Waals surface area contributed by atoms with Crippen LogP contribution < -0.4 is 5.32 Å². The number of phenols is 1. The third-order valence-electron chi connectivity index (χ3n) is 3.49. The fraction of sp³-hybridized carbons (Fsp3) is 0.333. The van der Waals surface area contributed by atoms with Crippen LogP contribution in [0.4, 0.5) is 5.69 Å². The first-order valence-electron chi connectivity index (χ1n) is 7.10. The second-order valence-corrected chi connectivity index (χ2v) is 6.81. The molecule has 0 amide bonds. The summed E-state index contributed by atoms with van der Waals surface area (Å²) in [4.78, 5) is 0. The molecule has 0 aliphatic heterocycles. The zero-order valence-electron chi connectivity index (χ0n) is 13.0. The summed E-state index contributed by atoms with van der Waals surface area (Å²) in [6.07, 6.45) is 0.